The van der Waals surface area contributed by atoms with Crippen LogP contribution in [-0.2, 0) is 0 Å². The summed E-state index contributed by atoms with van der Waals surface area (Å²) in [6.45, 7) is 0. The summed E-state index contributed by atoms with van der Waals surface area (Å²) in [4.78, 5) is 0. The van der Waals surface area contributed by atoms with Crippen LogP contribution in [0.3, 0.4) is 0 Å². The molecule has 0 heteroatoms. The number of rotatable bonds is 5. The zero-order valence-electron chi connectivity index (χ0n) is 34.9. The van der Waals surface area contributed by atoms with Gasteiger partial charge in [0.2, 0.25) is 0 Å². The van der Waals surface area contributed by atoms with Crippen molar-refractivity contribution in [3.05, 3.63) is 231 Å². The smallest absolute Gasteiger partial charge is 0.000741 e. The molecule has 14 rings (SSSR count). The van der Waals surface area contributed by atoms with Gasteiger partial charge < -0.3 is 0 Å². The maximum Gasteiger partial charge on any atom is -0.000741 e. The van der Waals surface area contributed by atoms with Gasteiger partial charge >= 0.3 is 0 Å². The minimum Gasteiger partial charge on any atom is -0.0622 e. The molecule has 0 bridgehead atoms. The Kier molecular flexibility index (Phi) is 7.49. The summed E-state index contributed by atoms with van der Waals surface area (Å²) >= 11 is 0. The maximum absolute atomic E-state index is 2.49. The van der Waals surface area contributed by atoms with E-state index in [0.29, 0.717) is 0 Å². The predicted molar refractivity (Wildman–Crippen MR) is 273 cm³/mol. The predicted octanol–water partition coefficient (Wildman–Crippen LogP) is 17.9. The molecule has 2 aliphatic rings. The van der Waals surface area contributed by atoms with Crippen LogP contribution in [0.25, 0.3) is 143 Å². The normalized spacial score (nSPS) is 12.1. The second-order valence-electron chi connectivity index (χ2n) is 17.4. The zero-order valence-corrected chi connectivity index (χ0v) is 34.9. The third-order valence-corrected chi connectivity index (χ3v) is 14.1. The third-order valence-electron chi connectivity index (χ3n) is 14.1. The quantitative estimate of drug-likeness (QED) is 0.163. The van der Waals surface area contributed by atoms with Crippen LogP contribution in [0.1, 0.15) is 0 Å². The molecule has 294 valence electrons. The van der Waals surface area contributed by atoms with Gasteiger partial charge in [-0.3, -0.25) is 0 Å². The Bertz CT molecular complexity index is 3630. The average molecular weight is 807 g/mol. The average Bonchev–Trinajstić information content (AvgIpc) is 3.87. The highest BCUT2D eigenvalue weighted by atomic mass is 14.3. The van der Waals surface area contributed by atoms with Crippen molar-refractivity contribution in [2.75, 3.05) is 0 Å². The van der Waals surface area contributed by atoms with Gasteiger partial charge in [-0.15, -0.1) is 0 Å². The van der Waals surface area contributed by atoms with Crippen molar-refractivity contribution in [2.45, 2.75) is 0 Å². The molecule has 12 aromatic rings. The van der Waals surface area contributed by atoms with Crippen molar-refractivity contribution in [2.24, 2.45) is 0 Å². The lowest BCUT2D eigenvalue weighted by Crippen LogP contribution is -1.95. The van der Waals surface area contributed by atoms with Crippen molar-refractivity contribution < 1.29 is 0 Å². The van der Waals surface area contributed by atoms with Crippen LogP contribution in [-0.4, -0.2) is 0 Å². The molecule has 0 N–H and O–H groups in total. The molecule has 2 aliphatic carbocycles. The molecule has 12 aromatic carbocycles. The van der Waals surface area contributed by atoms with Crippen LogP contribution in [0.5, 0.6) is 0 Å². The van der Waals surface area contributed by atoms with Crippen molar-refractivity contribution in [1.29, 1.82) is 0 Å². The van der Waals surface area contributed by atoms with Crippen molar-refractivity contribution >= 4 is 43.1 Å². The minimum absolute atomic E-state index is 1.20. The van der Waals surface area contributed by atoms with Crippen molar-refractivity contribution in [3.8, 4) is 100 Å². The molecule has 0 saturated heterocycles. The van der Waals surface area contributed by atoms with E-state index in [-0.39, 0.29) is 0 Å². The topological polar surface area (TPSA) is 0 Å². The summed E-state index contributed by atoms with van der Waals surface area (Å²) in [6.07, 6.45) is 0. The molecule has 0 heterocycles. The van der Waals surface area contributed by atoms with Gasteiger partial charge in [0, 0.05) is 0 Å². The standard InChI is InChI=1S/C64H38/c1-5-17-41(18-6-1)57-47-35-33-45(37-53(47)59(43-21-9-3-10-22-43)63-51-31-15-27-39-25-13-29-49(55(39)51)61(57)63)46-34-36-48-54(38-46)60(44-23-11-4-12-24-44)64-52-32-16-28-40-26-14-30-50(56(40)52)62(64)58(48)42-19-7-2-8-20-42/h1-38H. The largest absolute Gasteiger partial charge is 0.0622 e. The first-order chi connectivity index (χ1) is 31.8. The van der Waals surface area contributed by atoms with Gasteiger partial charge in [-0.05, 0) is 155 Å². The maximum atomic E-state index is 2.49. The lowest BCUT2D eigenvalue weighted by molar-refractivity contribution is 1.60. The Balaban J connectivity index is 1.11. The highest BCUT2D eigenvalue weighted by molar-refractivity contribution is 6.29. The second kappa shape index (κ2) is 13.6. The number of hydrogen-bond acceptors (Lipinski definition) is 0. The Morgan fingerprint density at radius 1 is 0.172 bits per heavy atom. The first kappa shape index (κ1) is 35.3. The van der Waals surface area contributed by atoms with Gasteiger partial charge in [-0.25, -0.2) is 0 Å². The van der Waals surface area contributed by atoms with Crippen LogP contribution in [0, 0.1) is 0 Å². The number of fused-ring (bicyclic) bond motifs is 8. The molecule has 0 saturated carbocycles. The first-order valence-corrected chi connectivity index (χ1v) is 22.3. The monoisotopic (exact) mass is 806 g/mol. The first-order valence-electron chi connectivity index (χ1n) is 22.3. The van der Waals surface area contributed by atoms with Gasteiger partial charge in [-0.1, -0.05) is 218 Å². The molecule has 0 spiro atoms. The molecule has 0 atom stereocenters. The van der Waals surface area contributed by atoms with Crippen LogP contribution in [0.4, 0.5) is 0 Å². The number of hydrogen-bond donors (Lipinski definition) is 0. The zero-order chi connectivity index (χ0) is 41.9. The van der Waals surface area contributed by atoms with E-state index in [9.17, 15) is 0 Å². The van der Waals surface area contributed by atoms with Crippen molar-refractivity contribution in [3.63, 3.8) is 0 Å². The van der Waals surface area contributed by atoms with E-state index in [1.807, 2.05) is 0 Å². The SMILES string of the molecule is c1ccc(-c2c3c(c(-c4ccccc4)c4cc(-c5ccc6c(-c7ccccc7)c7c(c(-c8ccccc8)c6c5)-c5cccc6cccc-7c56)ccc24)-c2cccc4cccc-3c24)cc1. The minimum atomic E-state index is 1.20. The van der Waals surface area contributed by atoms with E-state index >= 15 is 0 Å². The fourth-order valence-electron chi connectivity index (χ4n) is 11.5. The lowest BCUT2D eigenvalue weighted by Gasteiger charge is -2.22. The Morgan fingerprint density at radius 3 is 0.750 bits per heavy atom. The summed E-state index contributed by atoms with van der Waals surface area (Å²) < 4.78 is 0. The molecule has 0 fully saturated rings. The van der Waals surface area contributed by atoms with Gasteiger partial charge in [-0.2, -0.15) is 0 Å². The Hall–Kier alpha value is -8.32. The van der Waals surface area contributed by atoms with Gasteiger partial charge in [0.15, 0.2) is 0 Å². The van der Waals surface area contributed by atoms with Gasteiger partial charge in [0.1, 0.15) is 0 Å². The second-order valence-corrected chi connectivity index (χ2v) is 17.4. The van der Waals surface area contributed by atoms with Gasteiger partial charge in [0.25, 0.3) is 0 Å². The summed E-state index contributed by atoms with van der Waals surface area (Å²) in [7, 11) is 0. The van der Waals surface area contributed by atoms with E-state index in [4.69, 9.17) is 0 Å². The van der Waals surface area contributed by atoms with E-state index in [1.54, 1.807) is 0 Å². The van der Waals surface area contributed by atoms with E-state index in [1.165, 1.54) is 143 Å². The fraction of sp³-hybridized carbons (Fsp3) is 0. The molecule has 0 radical (unpaired) electrons. The molecule has 0 amide bonds. The van der Waals surface area contributed by atoms with E-state index in [2.05, 4.69) is 231 Å². The molecule has 0 unspecified atom stereocenters. The van der Waals surface area contributed by atoms with Crippen LogP contribution in [0.15, 0.2) is 231 Å². The van der Waals surface area contributed by atoms with Crippen LogP contribution < -0.4 is 0 Å². The molecule has 0 nitrogen and oxygen atoms in total. The van der Waals surface area contributed by atoms with Crippen molar-refractivity contribution in [1.82, 2.24) is 0 Å². The van der Waals surface area contributed by atoms with Crippen LogP contribution >= 0.6 is 0 Å². The van der Waals surface area contributed by atoms with E-state index in [0.717, 1.165) is 0 Å². The van der Waals surface area contributed by atoms with Gasteiger partial charge in [0.05, 0.1) is 0 Å². The van der Waals surface area contributed by atoms with Crippen LogP contribution in [0.2, 0.25) is 0 Å². The summed E-state index contributed by atoms with van der Waals surface area (Å²) in [5.74, 6) is 0. The number of benzene rings is 12. The summed E-state index contributed by atoms with van der Waals surface area (Å²) in [5, 5.41) is 10.3. The fourth-order valence-corrected chi connectivity index (χ4v) is 11.5. The molecular formula is C64H38. The molecular weight excluding hydrogens is 769 g/mol. The molecule has 0 aromatic heterocycles. The molecule has 64 heavy (non-hydrogen) atoms. The Morgan fingerprint density at radius 2 is 0.453 bits per heavy atom. The van der Waals surface area contributed by atoms with E-state index < -0.39 is 0 Å². The lowest BCUT2D eigenvalue weighted by atomic mass is 9.80. The Labute approximate surface area is 372 Å². The molecule has 0 aliphatic heterocycles. The summed E-state index contributed by atoms with van der Waals surface area (Å²) in [6, 6.07) is 86.0. The highest BCUT2D eigenvalue weighted by Gasteiger charge is 2.32. The highest BCUT2D eigenvalue weighted by Crippen LogP contribution is 2.60. The summed E-state index contributed by atoms with van der Waals surface area (Å²) in [5.41, 5.74) is 23.0. The third kappa shape index (κ3) is 4.94.